The Morgan fingerprint density at radius 3 is 2.26 bits per heavy atom. The molecule has 3 aromatic rings. The average molecular weight is 385 g/mol. The molecule has 0 aliphatic rings. The maximum absolute atomic E-state index is 11.1. The Hall–Kier alpha value is -3.32. The Labute approximate surface area is 161 Å². The van der Waals surface area contributed by atoms with Crippen LogP contribution < -0.4 is 15.4 Å². The lowest BCUT2D eigenvalue weighted by molar-refractivity contribution is 0.187. The Bertz CT molecular complexity index is 884. The topological polar surface area (TPSA) is 85.4 Å². The van der Waals surface area contributed by atoms with Gasteiger partial charge >= 0.3 is 6.09 Å². The van der Waals surface area contributed by atoms with Gasteiger partial charge in [-0.15, -0.1) is 10.2 Å². The van der Waals surface area contributed by atoms with Crippen molar-refractivity contribution in [1.82, 2.24) is 10.2 Å². The molecule has 138 valence electrons. The summed E-state index contributed by atoms with van der Waals surface area (Å²) >= 11 is 5.87. The maximum Gasteiger partial charge on any atom is 0.412 e. The fourth-order valence-corrected chi connectivity index (χ4v) is 2.28. The van der Waals surface area contributed by atoms with Crippen molar-refractivity contribution in [3.8, 4) is 5.75 Å². The fourth-order valence-electron chi connectivity index (χ4n) is 2.15. The molecule has 0 fully saturated rings. The molecule has 0 unspecified atom stereocenters. The normalized spacial score (nSPS) is 10.1. The van der Waals surface area contributed by atoms with Crippen LogP contribution in [0.5, 0.6) is 5.75 Å². The molecule has 7 nitrogen and oxygen atoms in total. The van der Waals surface area contributed by atoms with Gasteiger partial charge in [-0.1, -0.05) is 23.7 Å². The van der Waals surface area contributed by atoms with Gasteiger partial charge in [-0.05, 0) is 54.1 Å². The van der Waals surface area contributed by atoms with Gasteiger partial charge in [0.25, 0.3) is 0 Å². The number of benzene rings is 2. The summed E-state index contributed by atoms with van der Waals surface area (Å²) in [4.78, 5) is 11.1. The van der Waals surface area contributed by atoms with Gasteiger partial charge in [-0.25, -0.2) is 4.79 Å². The zero-order valence-corrected chi connectivity index (χ0v) is 15.2. The number of halogens is 1. The number of nitrogens with one attached hydrogen (secondary N) is 2. The summed E-state index contributed by atoms with van der Waals surface area (Å²) < 4.78 is 10.2. The molecule has 0 spiro atoms. The van der Waals surface area contributed by atoms with Crippen molar-refractivity contribution in [2.75, 3.05) is 17.7 Å². The predicted octanol–water partition coefficient (Wildman–Crippen LogP) is 4.63. The number of hydrogen-bond acceptors (Lipinski definition) is 6. The van der Waals surface area contributed by atoms with E-state index < -0.39 is 6.09 Å². The molecule has 2 aromatic carbocycles. The molecular formula is C19H17ClN4O3. The molecule has 0 bridgehead atoms. The Morgan fingerprint density at radius 2 is 1.63 bits per heavy atom. The first-order valence-electron chi connectivity index (χ1n) is 8.05. The van der Waals surface area contributed by atoms with Gasteiger partial charge in [0.15, 0.2) is 11.6 Å². The Kier molecular flexibility index (Phi) is 6.06. The molecule has 0 aliphatic heterocycles. The first-order valence-corrected chi connectivity index (χ1v) is 8.43. The average Bonchev–Trinajstić information content (AvgIpc) is 2.70. The number of methoxy groups -OCH3 is 1. The standard InChI is InChI=1S/C19H17ClN4O3/c1-26-19(25)22-18-11-10-17(23-24-18)21-15-6-8-16(9-7-15)27-12-13-2-4-14(20)5-3-13/h2-11H,12H2,1H3,(H,21,23)(H,22,24,25). The third-order valence-electron chi connectivity index (χ3n) is 3.53. The molecule has 0 aliphatic carbocycles. The number of carbonyl (C=O) groups is 1. The molecular weight excluding hydrogens is 368 g/mol. The molecule has 1 amide bonds. The van der Waals surface area contributed by atoms with Gasteiger partial charge in [0.1, 0.15) is 12.4 Å². The van der Waals surface area contributed by atoms with Gasteiger partial charge in [0.2, 0.25) is 0 Å². The number of amides is 1. The van der Waals surface area contributed by atoms with E-state index in [2.05, 4.69) is 25.6 Å². The number of ether oxygens (including phenoxy) is 2. The van der Waals surface area contributed by atoms with Gasteiger partial charge < -0.3 is 14.8 Å². The number of nitrogens with zero attached hydrogens (tertiary/aromatic N) is 2. The summed E-state index contributed by atoms with van der Waals surface area (Å²) in [5, 5.41) is 14.1. The van der Waals surface area contributed by atoms with E-state index in [0.717, 1.165) is 17.0 Å². The summed E-state index contributed by atoms with van der Waals surface area (Å²) in [7, 11) is 1.28. The first-order chi connectivity index (χ1) is 13.1. The molecule has 27 heavy (non-hydrogen) atoms. The number of aromatic nitrogens is 2. The van der Waals surface area contributed by atoms with Crippen LogP contribution in [0.15, 0.2) is 60.7 Å². The van der Waals surface area contributed by atoms with E-state index in [-0.39, 0.29) is 0 Å². The minimum absolute atomic E-state index is 0.304. The lowest BCUT2D eigenvalue weighted by Gasteiger charge is -2.09. The van der Waals surface area contributed by atoms with Crippen LogP contribution in [0, 0.1) is 0 Å². The van der Waals surface area contributed by atoms with Crippen LogP contribution in [-0.2, 0) is 11.3 Å². The van der Waals surface area contributed by atoms with Crippen molar-refractivity contribution in [2.24, 2.45) is 0 Å². The van der Waals surface area contributed by atoms with Crippen LogP contribution in [0.2, 0.25) is 5.02 Å². The Balaban J connectivity index is 1.54. The van der Waals surface area contributed by atoms with E-state index in [1.165, 1.54) is 7.11 Å². The van der Waals surface area contributed by atoms with E-state index in [1.54, 1.807) is 12.1 Å². The minimum Gasteiger partial charge on any atom is -0.489 e. The molecule has 0 radical (unpaired) electrons. The van der Waals surface area contributed by atoms with Crippen LogP contribution in [0.25, 0.3) is 0 Å². The Morgan fingerprint density at radius 1 is 0.963 bits per heavy atom. The van der Waals surface area contributed by atoms with Crippen molar-refractivity contribution < 1.29 is 14.3 Å². The third kappa shape index (κ3) is 5.58. The van der Waals surface area contributed by atoms with Crippen LogP contribution in [0.3, 0.4) is 0 Å². The predicted molar refractivity (Wildman–Crippen MR) is 104 cm³/mol. The summed E-state index contributed by atoms with van der Waals surface area (Å²) in [6, 6.07) is 18.3. The zero-order valence-electron chi connectivity index (χ0n) is 14.5. The lowest BCUT2D eigenvalue weighted by atomic mass is 10.2. The van der Waals surface area contributed by atoms with Crippen LogP contribution in [0.1, 0.15) is 5.56 Å². The van der Waals surface area contributed by atoms with Crippen molar-refractivity contribution in [3.05, 3.63) is 71.2 Å². The first kappa shape index (κ1) is 18.5. The molecule has 0 saturated carbocycles. The van der Waals surface area contributed by atoms with Crippen LogP contribution in [0.4, 0.5) is 22.1 Å². The third-order valence-corrected chi connectivity index (χ3v) is 3.78. The summed E-state index contributed by atoms with van der Waals surface area (Å²) in [6.07, 6.45) is -0.598. The number of hydrogen-bond donors (Lipinski definition) is 2. The van der Waals surface area contributed by atoms with Crippen LogP contribution in [-0.4, -0.2) is 23.4 Å². The molecule has 1 aromatic heterocycles. The molecule has 0 saturated heterocycles. The number of carbonyl (C=O) groups excluding carboxylic acids is 1. The van der Waals surface area contributed by atoms with Gasteiger partial charge in [-0.3, -0.25) is 5.32 Å². The van der Waals surface area contributed by atoms with E-state index in [0.29, 0.717) is 23.3 Å². The quantitative estimate of drug-likeness (QED) is 0.644. The number of rotatable bonds is 6. The second kappa shape index (κ2) is 8.86. The van der Waals surface area contributed by atoms with E-state index >= 15 is 0 Å². The second-order valence-electron chi connectivity index (χ2n) is 5.48. The lowest BCUT2D eigenvalue weighted by Crippen LogP contribution is -2.12. The van der Waals surface area contributed by atoms with Crippen molar-refractivity contribution >= 4 is 35.0 Å². The zero-order chi connectivity index (χ0) is 19.1. The highest BCUT2D eigenvalue weighted by Gasteiger charge is 2.03. The highest BCUT2D eigenvalue weighted by atomic mass is 35.5. The van der Waals surface area contributed by atoms with Crippen molar-refractivity contribution in [2.45, 2.75) is 6.61 Å². The van der Waals surface area contributed by atoms with E-state index in [9.17, 15) is 4.79 Å². The largest absolute Gasteiger partial charge is 0.489 e. The smallest absolute Gasteiger partial charge is 0.412 e. The van der Waals surface area contributed by atoms with Gasteiger partial charge in [0.05, 0.1) is 7.11 Å². The van der Waals surface area contributed by atoms with E-state index in [1.807, 2.05) is 48.5 Å². The molecule has 2 N–H and O–H groups in total. The van der Waals surface area contributed by atoms with Crippen LogP contribution >= 0.6 is 11.6 Å². The van der Waals surface area contributed by atoms with E-state index in [4.69, 9.17) is 16.3 Å². The molecule has 0 atom stereocenters. The van der Waals surface area contributed by atoms with Gasteiger partial charge in [0, 0.05) is 10.7 Å². The number of anilines is 3. The summed E-state index contributed by atoms with van der Waals surface area (Å²) in [6.45, 7) is 0.462. The van der Waals surface area contributed by atoms with Gasteiger partial charge in [-0.2, -0.15) is 0 Å². The molecule has 3 rings (SSSR count). The second-order valence-corrected chi connectivity index (χ2v) is 5.92. The SMILES string of the molecule is COC(=O)Nc1ccc(Nc2ccc(OCc3ccc(Cl)cc3)cc2)nn1. The minimum atomic E-state index is -0.598. The maximum atomic E-state index is 11.1. The van der Waals surface area contributed by atoms with Crippen molar-refractivity contribution in [1.29, 1.82) is 0 Å². The highest BCUT2D eigenvalue weighted by molar-refractivity contribution is 6.30. The summed E-state index contributed by atoms with van der Waals surface area (Å²) in [5.41, 5.74) is 1.87. The molecule has 1 heterocycles. The summed E-state index contributed by atoms with van der Waals surface area (Å²) in [5.74, 6) is 1.60. The highest BCUT2D eigenvalue weighted by Crippen LogP contribution is 2.20. The molecule has 8 heteroatoms. The monoisotopic (exact) mass is 384 g/mol. The van der Waals surface area contributed by atoms with Crippen molar-refractivity contribution in [3.63, 3.8) is 0 Å². The fraction of sp³-hybridized carbons (Fsp3) is 0.105.